The van der Waals surface area contributed by atoms with Gasteiger partial charge in [0.2, 0.25) is 0 Å². The highest BCUT2D eigenvalue weighted by Crippen LogP contribution is 2.35. The minimum Gasteiger partial charge on any atom is -0.327 e. The maximum atomic E-state index is 6.15. The average molecular weight is 258 g/mol. The fraction of sp³-hybridized carbons (Fsp3) is 0.700. The second-order valence-electron chi connectivity index (χ2n) is 4.06. The fourth-order valence-corrected chi connectivity index (χ4v) is 2.98. The first-order valence-corrected chi connectivity index (χ1v) is 5.92. The second-order valence-corrected chi connectivity index (χ2v) is 4.91. The van der Waals surface area contributed by atoms with Crippen LogP contribution in [-0.4, -0.2) is 15.8 Å². The van der Waals surface area contributed by atoms with Gasteiger partial charge in [0, 0.05) is 19.0 Å². The van der Waals surface area contributed by atoms with Gasteiger partial charge in [0.1, 0.15) is 0 Å². The van der Waals surface area contributed by atoms with Gasteiger partial charge in [0.05, 0.1) is 16.4 Å². The van der Waals surface area contributed by atoms with Crippen LogP contribution in [0.25, 0.3) is 0 Å². The zero-order chi connectivity index (χ0) is 10.1. The first kappa shape index (κ1) is 10.2. The fourth-order valence-electron chi connectivity index (χ4n) is 2.34. The molecule has 0 saturated heterocycles. The van der Waals surface area contributed by atoms with Crippen LogP contribution in [0.1, 0.15) is 37.3 Å². The van der Waals surface area contributed by atoms with Crippen LogP contribution in [0.4, 0.5) is 0 Å². The molecule has 3 nitrogen and oxygen atoms in total. The molecule has 2 N–H and O–H groups in total. The third-order valence-electron chi connectivity index (χ3n) is 3.11. The molecule has 1 aliphatic carbocycles. The minimum absolute atomic E-state index is 0.301. The molecule has 0 radical (unpaired) electrons. The van der Waals surface area contributed by atoms with E-state index in [0.717, 1.165) is 10.9 Å². The molecule has 0 bridgehead atoms. The molecule has 2 unspecified atom stereocenters. The van der Waals surface area contributed by atoms with Crippen molar-refractivity contribution in [1.29, 1.82) is 0 Å². The number of aromatic nitrogens is 2. The van der Waals surface area contributed by atoms with E-state index in [0.29, 0.717) is 12.0 Å². The van der Waals surface area contributed by atoms with Gasteiger partial charge in [-0.3, -0.25) is 4.68 Å². The molecule has 1 aromatic rings. The summed E-state index contributed by atoms with van der Waals surface area (Å²) in [6.07, 6.45) is 6.75. The van der Waals surface area contributed by atoms with Gasteiger partial charge in [-0.25, -0.2) is 0 Å². The topological polar surface area (TPSA) is 43.8 Å². The van der Waals surface area contributed by atoms with Crippen LogP contribution in [0.2, 0.25) is 0 Å². The summed E-state index contributed by atoms with van der Waals surface area (Å²) >= 11 is 3.54. The molecule has 1 heterocycles. The Morgan fingerprint density at radius 2 is 2.21 bits per heavy atom. The lowest BCUT2D eigenvalue weighted by molar-refractivity contribution is 0.369. The summed E-state index contributed by atoms with van der Waals surface area (Å²) in [6.45, 7) is 0. The number of halogens is 1. The summed E-state index contributed by atoms with van der Waals surface area (Å²) in [4.78, 5) is 0. The summed E-state index contributed by atoms with van der Waals surface area (Å²) in [7, 11) is 1.99. The van der Waals surface area contributed by atoms with Crippen LogP contribution >= 0.6 is 15.9 Å². The Balaban J connectivity index is 2.28. The number of aryl methyl sites for hydroxylation is 1. The highest BCUT2D eigenvalue weighted by atomic mass is 79.9. The van der Waals surface area contributed by atoms with E-state index in [1.165, 1.54) is 25.0 Å². The normalized spacial score (nSPS) is 27.9. The SMILES string of the molecule is Cn1ncc(Br)c1C1CCCCC1N. The molecule has 0 amide bonds. The molecule has 78 valence electrons. The molecule has 14 heavy (non-hydrogen) atoms. The molecule has 0 spiro atoms. The van der Waals surface area contributed by atoms with Crippen molar-refractivity contribution in [2.75, 3.05) is 0 Å². The monoisotopic (exact) mass is 257 g/mol. The highest BCUT2D eigenvalue weighted by Gasteiger charge is 2.27. The molecule has 2 rings (SSSR count). The molecule has 1 aromatic heterocycles. The molecule has 1 fully saturated rings. The van der Waals surface area contributed by atoms with Crippen LogP contribution in [-0.2, 0) is 7.05 Å². The van der Waals surface area contributed by atoms with E-state index in [-0.39, 0.29) is 0 Å². The van der Waals surface area contributed by atoms with Gasteiger partial charge in [-0.05, 0) is 28.8 Å². The molecule has 2 atom stereocenters. The first-order chi connectivity index (χ1) is 6.70. The Kier molecular flexibility index (Phi) is 2.93. The largest absolute Gasteiger partial charge is 0.327 e. The number of hydrogen-bond acceptors (Lipinski definition) is 2. The number of rotatable bonds is 1. The van der Waals surface area contributed by atoms with Crippen molar-refractivity contribution in [3.05, 3.63) is 16.4 Å². The summed E-state index contributed by atoms with van der Waals surface area (Å²) in [5, 5.41) is 4.24. The van der Waals surface area contributed by atoms with Gasteiger partial charge in [-0.1, -0.05) is 12.8 Å². The zero-order valence-corrected chi connectivity index (χ0v) is 10.00. The third kappa shape index (κ3) is 1.73. The molecule has 1 saturated carbocycles. The maximum Gasteiger partial charge on any atom is 0.0635 e. The number of nitrogens with zero attached hydrogens (tertiary/aromatic N) is 2. The van der Waals surface area contributed by atoms with E-state index >= 15 is 0 Å². The van der Waals surface area contributed by atoms with Crippen molar-refractivity contribution < 1.29 is 0 Å². The second kappa shape index (κ2) is 4.03. The van der Waals surface area contributed by atoms with Crippen LogP contribution < -0.4 is 5.73 Å². The standard InChI is InChI=1S/C10H16BrN3/c1-14-10(8(11)6-13-14)7-4-2-3-5-9(7)12/h6-7,9H,2-5,12H2,1H3. The van der Waals surface area contributed by atoms with Crippen molar-refractivity contribution in [1.82, 2.24) is 9.78 Å². The van der Waals surface area contributed by atoms with Gasteiger partial charge in [0.25, 0.3) is 0 Å². The Hall–Kier alpha value is -0.350. The summed E-state index contributed by atoms with van der Waals surface area (Å²) in [5.41, 5.74) is 7.41. The Bertz CT molecular complexity index is 302. The van der Waals surface area contributed by atoms with E-state index in [4.69, 9.17) is 5.73 Å². The van der Waals surface area contributed by atoms with Gasteiger partial charge >= 0.3 is 0 Å². The highest BCUT2D eigenvalue weighted by molar-refractivity contribution is 9.10. The van der Waals surface area contributed by atoms with Crippen LogP contribution in [0, 0.1) is 0 Å². The maximum absolute atomic E-state index is 6.15. The van der Waals surface area contributed by atoms with E-state index < -0.39 is 0 Å². The van der Waals surface area contributed by atoms with Gasteiger partial charge < -0.3 is 5.73 Å². The molecular formula is C10H16BrN3. The van der Waals surface area contributed by atoms with Crippen LogP contribution in [0.15, 0.2) is 10.7 Å². The Labute approximate surface area is 92.8 Å². The van der Waals surface area contributed by atoms with Crippen LogP contribution in [0.5, 0.6) is 0 Å². The smallest absolute Gasteiger partial charge is 0.0635 e. The van der Waals surface area contributed by atoms with Crippen LogP contribution in [0.3, 0.4) is 0 Å². The summed E-state index contributed by atoms with van der Waals surface area (Å²) in [6, 6.07) is 0.301. The molecular weight excluding hydrogens is 242 g/mol. The summed E-state index contributed by atoms with van der Waals surface area (Å²) in [5.74, 6) is 0.477. The Morgan fingerprint density at radius 1 is 1.50 bits per heavy atom. The lowest BCUT2D eigenvalue weighted by Gasteiger charge is -2.28. The average Bonchev–Trinajstić information content (AvgIpc) is 2.48. The van der Waals surface area contributed by atoms with E-state index in [1.54, 1.807) is 0 Å². The predicted molar refractivity (Wildman–Crippen MR) is 60.1 cm³/mol. The van der Waals surface area contributed by atoms with Crippen molar-refractivity contribution in [3.63, 3.8) is 0 Å². The van der Waals surface area contributed by atoms with Crippen molar-refractivity contribution in [3.8, 4) is 0 Å². The molecule has 0 aromatic carbocycles. The minimum atomic E-state index is 0.301. The molecule has 4 heteroatoms. The predicted octanol–water partition coefficient (Wildman–Crippen LogP) is 2.17. The van der Waals surface area contributed by atoms with Gasteiger partial charge in [0.15, 0.2) is 0 Å². The lowest BCUT2D eigenvalue weighted by atomic mass is 9.83. The van der Waals surface area contributed by atoms with Crippen molar-refractivity contribution in [2.45, 2.75) is 37.6 Å². The Morgan fingerprint density at radius 3 is 2.79 bits per heavy atom. The van der Waals surface area contributed by atoms with E-state index in [1.807, 2.05) is 17.9 Å². The number of nitrogens with two attached hydrogens (primary N) is 1. The van der Waals surface area contributed by atoms with E-state index in [2.05, 4.69) is 21.0 Å². The lowest BCUT2D eigenvalue weighted by Crippen LogP contribution is -2.32. The van der Waals surface area contributed by atoms with Gasteiger partial charge in [-0.15, -0.1) is 0 Å². The first-order valence-electron chi connectivity index (χ1n) is 5.13. The number of hydrogen-bond donors (Lipinski definition) is 1. The quantitative estimate of drug-likeness (QED) is 0.838. The zero-order valence-electron chi connectivity index (χ0n) is 8.41. The summed E-state index contributed by atoms with van der Waals surface area (Å²) < 4.78 is 3.04. The van der Waals surface area contributed by atoms with Crippen molar-refractivity contribution in [2.24, 2.45) is 12.8 Å². The van der Waals surface area contributed by atoms with Gasteiger partial charge in [-0.2, -0.15) is 5.10 Å². The third-order valence-corrected chi connectivity index (χ3v) is 3.72. The molecule has 0 aliphatic heterocycles. The molecule has 1 aliphatic rings. The van der Waals surface area contributed by atoms with E-state index in [9.17, 15) is 0 Å². The van der Waals surface area contributed by atoms with Crippen molar-refractivity contribution >= 4 is 15.9 Å².